The molecule has 2 saturated heterocycles. The Hall–Kier alpha value is -1.93. The summed E-state index contributed by atoms with van der Waals surface area (Å²) in [6, 6.07) is 14.9. The van der Waals surface area contributed by atoms with Crippen LogP contribution in [0.3, 0.4) is 0 Å². The Morgan fingerprint density at radius 2 is 1.61 bits per heavy atom. The molecule has 2 fully saturated rings. The van der Waals surface area contributed by atoms with E-state index in [0.29, 0.717) is 31.0 Å². The monoisotopic (exact) mass is 489 g/mol. The van der Waals surface area contributed by atoms with Crippen LogP contribution in [0.25, 0.3) is 0 Å². The summed E-state index contributed by atoms with van der Waals surface area (Å²) >= 11 is 5.88. The van der Waals surface area contributed by atoms with E-state index in [1.165, 1.54) is 27.6 Å². The van der Waals surface area contributed by atoms with Gasteiger partial charge in [-0.05, 0) is 68.0 Å². The molecule has 33 heavy (non-hydrogen) atoms. The van der Waals surface area contributed by atoms with Crippen LogP contribution in [-0.2, 0) is 21.4 Å². The van der Waals surface area contributed by atoms with E-state index in [4.69, 9.17) is 11.6 Å². The van der Waals surface area contributed by atoms with Crippen molar-refractivity contribution in [2.45, 2.75) is 50.1 Å². The number of carbonyl (C=O) groups is 1. The highest BCUT2D eigenvalue weighted by Crippen LogP contribution is 2.25. The fraction of sp³-hybridized carbons (Fsp3) is 0.480. The van der Waals surface area contributed by atoms with Gasteiger partial charge in [0, 0.05) is 49.7 Å². The van der Waals surface area contributed by atoms with Crippen LogP contribution in [0.15, 0.2) is 53.4 Å². The van der Waals surface area contributed by atoms with Crippen molar-refractivity contribution >= 4 is 27.5 Å². The highest BCUT2D eigenvalue weighted by molar-refractivity contribution is 7.89. The van der Waals surface area contributed by atoms with Gasteiger partial charge in [-0.3, -0.25) is 9.69 Å². The lowest BCUT2D eigenvalue weighted by Gasteiger charge is -2.35. The summed E-state index contributed by atoms with van der Waals surface area (Å²) in [5, 5.41) is 3.73. The zero-order chi connectivity index (χ0) is 23.4. The molecule has 0 saturated carbocycles. The van der Waals surface area contributed by atoms with Crippen molar-refractivity contribution < 1.29 is 13.2 Å². The second kappa shape index (κ2) is 10.6. The lowest BCUT2D eigenvalue weighted by Crippen LogP contribution is -2.48. The molecule has 1 amide bonds. The minimum atomic E-state index is -3.55. The summed E-state index contributed by atoms with van der Waals surface area (Å²) in [4.78, 5) is 15.5. The number of aryl methyl sites for hydroxylation is 1. The predicted octanol–water partition coefficient (Wildman–Crippen LogP) is 3.83. The number of benzene rings is 2. The number of nitrogens with zero attached hydrogens (tertiary/aromatic N) is 2. The van der Waals surface area contributed by atoms with Gasteiger partial charge in [-0.15, -0.1) is 0 Å². The Bertz CT molecular complexity index is 1060. The summed E-state index contributed by atoms with van der Waals surface area (Å²) in [6.07, 6.45) is 2.98. The van der Waals surface area contributed by atoms with Gasteiger partial charge in [0.2, 0.25) is 15.9 Å². The number of halogens is 1. The summed E-state index contributed by atoms with van der Waals surface area (Å²) in [5.41, 5.74) is 2.68. The minimum absolute atomic E-state index is 0.0656. The number of piperidine rings is 2. The fourth-order valence-electron chi connectivity index (χ4n) is 4.70. The first-order valence-electron chi connectivity index (χ1n) is 11.7. The van der Waals surface area contributed by atoms with Crippen molar-refractivity contribution in [3.63, 3.8) is 0 Å². The molecular formula is C25H32ClN3O3S. The Morgan fingerprint density at radius 3 is 2.24 bits per heavy atom. The molecule has 2 aromatic carbocycles. The van der Waals surface area contributed by atoms with Gasteiger partial charge in [-0.25, -0.2) is 8.42 Å². The first-order chi connectivity index (χ1) is 15.8. The van der Waals surface area contributed by atoms with E-state index >= 15 is 0 Å². The van der Waals surface area contributed by atoms with Crippen LogP contribution < -0.4 is 5.32 Å². The maximum Gasteiger partial charge on any atom is 0.243 e. The Balaban J connectivity index is 1.23. The molecule has 2 aliphatic heterocycles. The van der Waals surface area contributed by atoms with Crippen LogP contribution in [0.5, 0.6) is 0 Å². The average molecular weight is 490 g/mol. The van der Waals surface area contributed by atoms with Gasteiger partial charge in [-0.1, -0.05) is 35.9 Å². The molecule has 0 aromatic heterocycles. The third-order valence-corrected chi connectivity index (χ3v) is 9.03. The molecule has 0 unspecified atom stereocenters. The summed E-state index contributed by atoms with van der Waals surface area (Å²) in [7, 11) is -3.55. The van der Waals surface area contributed by atoms with Crippen molar-refractivity contribution in [1.29, 1.82) is 0 Å². The summed E-state index contributed by atoms with van der Waals surface area (Å²) in [5.74, 6) is -0.0671. The molecule has 8 heteroatoms. The van der Waals surface area contributed by atoms with E-state index in [1.54, 1.807) is 12.1 Å². The lowest BCUT2D eigenvalue weighted by atomic mass is 9.95. The zero-order valence-electron chi connectivity index (χ0n) is 19.0. The summed E-state index contributed by atoms with van der Waals surface area (Å²) < 4.78 is 27.2. The first kappa shape index (κ1) is 24.2. The normalized spacial score (nSPS) is 19.5. The second-order valence-electron chi connectivity index (χ2n) is 9.12. The van der Waals surface area contributed by atoms with Crippen molar-refractivity contribution in [3.05, 3.63) is 64.7 Å². The zero-order valence-corrected chi connectivity index (χ0v) is 20.6. The van der Waals surface area contributed by atoms with Gasteiger partial charge in [0.15, 0.2) is 0 Å². The minimum Gasteiger partial charge on any atom is -0.353 e. The molecule has 4 rings (SSSR count). The van der Waals surface area contributed by atoms with Crippen LogP contribution >= 0.6 is 11.6 Å². The Labute approximate surface area is 202 Å². The van der Waals surface area contributed by atoms with Crippen LogP contribution in [0.4, 0.5) is 0 Å². The largest absolute Gasteiger partial charge is 0.353 e. The molecule has 2 aromatic rings. The number of hydrogen-bond acceptors (Lipinski definition) is 4. The fourth-order valence-corrected chi connectivity index (χ4v) is 6.29. The van der Waals surface area contributed by atoms with Gasteiger partial charge in [-0.2, -0.15) is 4.31 Å². The van der Waals surface area contributed by atoms with E-state index in [2.05, 4.69) is 41.4 Å². The molecule has 0 atom stereocenters. The molecule has 178 valence electrons. The van der Waals surface area contributed by atoms with E-state index in [-0.39, 0.29) is 22.8 Å². The molecule has 0 radical (unpaired) electrons. The topological polar surface area (TPSA) is 69.7 Å². The van der Waals surface area contributed by atoms with Crippen molar-refractivity contribution in [1.82, 2.24) is 14.5 Å². The second-order valence-corrected chi connectivity index (χ2v) is 11.5. The number of nitrogens with one attached hydrogen (secondary N) is 1. The molecular weight excluding hydrogens is 458 g/mol. The molecule has 1 N–H and O–H groups in total. The van der Waals surface area contributed by atoms with Crippen molar-refractivity contribution in [2.24, 2.45) is 5.92 Å². The van der Waals surface area contributed by atoms with E-state index in [9.17, 15) is 13.2 Å². The third-order valence-electron chi connectivity index (χ3n) is 6.87. The number of hydrogen-bond donors (Lipinski definition) is 1. The van der Waals surface area contributed by atoms with Crippen LogP contribution in [0, 0.1) is 12.8 Å². The van der Waals surface area contributed by atoms with E-state index < -0.39 is 10.0 Å². The molecule has 0 spiro atoms. The third kappa shape index (κ3) is 5.96. The number of likely N-dealkylation sites (tertiary alicyclic amines) is 1. The molecule has 2 aliphatic rings. The van der Waals surface area contributed by atoms with Crippen LogP contribution in [-0.4, -0.2) is 55.8 Å². The highest BCUT2D eigenvalue weighted by Gasteiger charge is 2.33. The van der Waals surface area contributed by atoms with Gasteiger partial charge >= 0.3 is 0 Å². The first-order valence-corrected chi connectivity index (χ1v) is 13.5. The van der Waals surface area contributed by atoms with E-state index in [1.807, 2.05) is 0 Å². The molecule has 6 nitrogen and oxygen atoms in total. The molecule has 0 bridgehead atoms. The number of carbonyl (C=O) groups excluding carboxylic acids is 1. The predicted molar refractivity (Wildman–Crippen MR) is 131 cm³/mol. The number of rotatable bonds is 6. The molecule has 2 heterocycles. The van der Waals surface area contributed by atoms with Crippen LogP contribution in [0.2, 0.25) is 5.02 Å². The van der Waals surface area contributed by atoms with Gasteiger partial charge < -0.3 is 5.32 Å². The van der Waals surface area contributed by atoms with Gasteiger partial charge in [0.1, 0.15) is 0 Å². The van der Waals surface area contributed by atoms with Crippen molar-refractivity contribution in [2.75, 3.05) is 26.2 Å². The van der Waals surface area contributed by atoms with Gasteiger partial charge in [0.05, 0.1) is 4.90 Å². The maximum absolute atomic E-state index is 12.9. The number of amides is 1. The quantitative estimate of drug-likeness (QED) is 0.669. The Kier molecular flexibility index (Phi) is 7.74. The van der Waals surface area contributed by atoms with Crippen molar-refractivity contribution in [3.8, 4) is 0 Å². The van der Waals surface area contributed by atoms with Crippen LogP contribution in [0.1, 0.15) is 36.8 Å². The Morgan fingerprint density at radius 1 is 0.970 bits per heavy atom. The van der Waals surface area contributed by atoms with Gasteiger partial charge in [0.25, 0.3) is 0 Å². The standard InChI is InChI=1S/C25H32ClN3O3S/c1-19-4-2-3-5-21(19)18-28-14-12-23(13-15-28)27-25(30)20-10-16-29(17-11-20)33(31,32)24-8-6-22(26)7-9-24/h2-9,20,23H,10-18H2,1H3,(H,27,30). The summed E-state index contributed by atoms with van der Waals surface area (Å²) in [6.45, 7) is 5.76. The molecule has 0 aliphatic carbocycles. The van der Waals surface area contributed by atoms with E-state index in [0.717, 1.165) is 32.5 Å². The number of sulfonamides is 1. The highest BCUT2D eigenvalue weighted by atomic mass is 35.5. The lowest BCUT2D eigenvalue weighted by molar-refractivity contribution is -0.127. The maximum atomic E-state index is 12.9. The average Bonchev–Trinajstić information content (AvgIpc) is 2.82. The smallest absolute Gasteiger partial charge is 0.243 e. The SMILES string of the molecule is Cc1ccccc1CN1CCC(NC(=O)C2CCN(S(=O)(=O)c3ccc(Cl)cc3)CC2)CC1.